The molecule has 0 spiro atoms. The molecule has 0 fully saturated rings. The van der Waals surface area contributed by atoms with Gasteiger partial charge in [-0.05, 0) is 17.5 Å². The van der Waals surface area contributed by atoms with E-state index in [1.165, 1.54) is 17.4 Å². The molecule has 5 heteroatoms. The maximum atomic E-state index is 10.6. The van der Waals surface area contributed by atoms with Crippen LogP contribution in [0.2, 0.25) is 0 Å². The smallest absolute Gasteiger partial charge is 0.289 e. The molecule has 0 aliphatic heterocycles. The van der Waals surface area contributed by atoms with Crippen molar-refractivity contribution < 1.29 is 4.92 Å². The van der Waals surface area contributed by atoms with Gasteiger partial charge in [-0.3, -0.25) is 10.1 Å². The van der Waals surface area contributed by atoms with Crippen LogP contribution in [0.5, 0.6) is 0 Å². The van der Waals surface area contributed by atoms with Crippen LogP contribution < -0.4 is 0 Å². The van der Waals surface area contributed by atoms with Crippen LogP contribution in [0.4, 0.5) is 5.69 Å². The van der Waals surface area contributed by atoms with Gasteiger partial charge in [0.2, 0.25) is 0 Å². The van der Waals surface area contributed by atoms with Crippen molar-refractivity contribution in [3.63, 3.8) is 0 Å². The molecule has 0 amide bonds. The van der Waals surface area contributed by atoms with Gasteiger partial charge in [-0.2, -0.15) is 0 Å². The molecule has 1 N–H and O–H groups in total. The summed E-state index contributed by atoms with van der Waals surface area (Å²) in [4.78, 5) is 13.8. The Bertz CT molecular complexity index is 419. The van der Waals surface area contributed by atoms with E-state index in [4.69, 9.17) is 0 Å². The monoisotopic (exact) mass is 194 g/mol. The molecule has 0 bridgehead atoms. The van der Waals surface area contributed by atoms with E-state index in [0.29, 0.717) is 4.88 Å². The molecule has 0 unspecified atom stereocenters. The second kappa shape index (κ2) is 3.02. The van der Waals surface area contributed by atoms with Gasteiger partial charge in [0.15, 0.2) is 0 Å². The normalized spacial score (nSPS) is 10.2. The highest BCUT2D eigenvalue weighted by Gasteiger charge is 2.16. The highest BCUT2D eigenvalue weighted by atomic mass is 32.1. The lowest BCUT2D eigenvalue weighted by Gasteiger charge is -1.91. The third kappa shape index (κ3) is 1.33. The highest BCUT2D eigenvalue weighted by Crippen LogP contribution is 2.33. The molecule has 13 heavy (non-hydrogen) atoms. The Morgan fingerprint density at radius 3 is 2.92 bits per heavy atom. The fourth-order valence-electron chi connectivity index (χ4n) is 1.12. The second-order valence-corrected chi connectivity index (χ2v) is 3.39. The van der Waals surface area contributed by atoms with E-state index in [-0.39, 0.29) is 10.6 Å². The molecule has 0 saturated carbocycles. The molecule has 2 rings (SSSR count). The molecule has 4 nitrogen and oxygen atoms in total. The van der Waals surface area contributed by atoms with Crippen LogP contribution in [0.25, 0.3) is 10.6 Å². The summed E-state index contributed by atoms with van der Waals surface area (Å²) in [5.41, 5.74) is 0.953. The third-order valence-corrected chi connectivity index (χ3v) is 2.62. The average Bonchev–Trinajstić information content (AvgIpc) is 2.74. The lowest BCUT2D eigenvalue weighted by molar-refractivity contribution is -0.383. The van der Waals surface area contributed by atoms with Crippen molar-refractivity contribution in [3.8, 4) is 10.6 Å². The van der Waals surface area contributed by atoms with Crippen LogP contribution in [0.3, 0.4) is 0 Å². The van der Waals surface area contributed by atoms with Crippen LogP contribution in [0.1, 0.15) is 0 Å². The van der Waals surface area contributed by atoms with Crippen molar-refractivity contribution in [3.05, 3.63) is 39.9 Å². The molecular weight excluding hydrogens is 188 g/mol. The van der Waals surface area contributed by atoms with Gasteiger partial charge in [0.05, 0.1) is 10.6 Å². The van der Waals surface area contributed by atoms with E-state index < -0.39 is 0 Å². The Hall–Kier alpha value is -1.62. The molecule has 0 aromatic carbocycles. The van der Waals surface area contributed by atoms with E-state index in [9.17, 15) is 10.1 Å². The van der Waals surface area contributed by atoms with Gasteiger partial charge in [-0.25, -0.2) is 0 Å². The molecular formula is C8H6N2O2S. The fraction of sp³-hybridized carbons (Fsp3) is 0. The maximum absolute atomic E-state index is 10.6. The minimum absolute atomic E-state index is 0.160. The van der Waals surface area contributed by atoms with Crippen molar-refractivity contribution in [1.82, 2.24) is 4.98 Å². The summed E-state index contributed by atoms with van der Waals surface area (Å²) in [5.74, 6) is 0. The predicted molar refractivity (Wildman–Crippen MR) is 50.8 cm³/mol. The van der Waals surface area contributed by atoms with E-state index in [2.05, 4.69) is 4.98 Å². The summed E-state index contributed by atoms with van der Waals surface area (Å²) >= 11 is 1.36. The van der Waals surface area contributed by atoms with Crippen LogP contribution in [0.15, 0.2) is 29.8 Å². The Morgan fingerprint density at radius 2 is 2.31 bits per heavy atom. The third-order valence-electron chi connectivity index (χ3n) is 1.68. The largest absolute Gasteiger partial charge is 0.360 e. The lowest BCUT2D eigenvalue weighted by Crippen LogP contribution is -1.86. The molecule has 0 radical (unpaired) electrons. The Kier molecular flexibility index (Phi) is 1.86. The van der Waals surface area contributed by atoms with Gasteiger partial charge >= 0.3 is 0 Å². The summed E-state index contributed by atoms with van der Waals surface area (Å²) in [6.45, 7) is 0. The molecule has 0 atom stereocenters. The fourth-order valence-corrected chi connectivity index (χ4v) is 1.97. The van der Waals surface area contributed by atoms with Gasteiger partial charge in [-0.1, -0.05) is 0 Å². The molecule has 2 aromatic rings. The van der Waals surface area contributed by atoms with Crippen molar-refractivity contribution in [2.24, 2.45) is 0 Å². The minimum Gasteiger partial charge on any atom is -0.360 e. The minimum atomic E-state index is -0.368. The van der Waals surface area contributed by atoms with E-state index >= 15 is 0 Å². The number of hydrogen-bond donors (Lipinski definition) is 1. The molecule has 0 aliphatic carbocycles. The average molecular weight is 194 g/mol. The summed E-state index contributed by atoms with van der Waals surface area (Å²) in [6, 6.07) is 5.15. The summed E-state index contributed by atoms with van der Waals surface area (Å²) in [6.07, 6.45) is 1.75. The van der Waals surface area contributed by atoms with E-state index in [1.807, 2.05) is 12.1 Å². The van der Waals surface area contributed by atoms with Crippen molar-refractivity contribution in [2.75, 3.05) is 0 Å². The number of aromatic amines is 1. The molecule has 0 saturated heterocycles. The number of thiophene rings is 1. The number of aromatic nitrogens is 1. The molecule has 0 aliphatic rings. The quantitative estimate of drug-likeness (QED) is 0.590. The summed E-state index contributed by atoms with van der Waals surface area (Å²) in [5, 5.41) is 12.3. The number of hydrogen-bond acceptors (Lipinski definition) is 3. The standard InChI is InChI=1S/C8H6N2O2S/c11-10(12)7-3-5-13-8(7)6-2-1-4-9-6/h1-5,9H. The first kappa shape index (κ1) is 8.00. The zero-order valence-electron chi connectivity index (χ0n) is 6.56. The van der Waals surface area contributed by atoms with Crippen LogP contribution in [-0.4, -0.2) is 9.91 Å². The first-order chi connectivity index (χ1) is 6.29. The van der Waals surface area contributed by atoms with E-state index in [0.717, 1.165) is 5.69 Å². The highest BCUT2D eigenvalue weighted by molar-refractivity contribution is 7.14. The number of rotatable bonds is 2. The number of nitro groups is 1. The zero-order chi connectivity index (χ0) is 9.26. The summed E-state index contributed by atoms with van der Waals surface area (Å²) in [7, 11) is 0. The van der Waals surface area contributed by atoms with E-state index in [1.54, 1.807) is 11.6 Å². The van der Waals surface area contributed by atoms with Gasteiger partial charge in [0.1, 0.15) is 4.88 Å². The first-order valence-corrected chi connectivity index (χ1v) is 4.52. The predicted octanol–water partition coefficient (Wildman–Crippen LogP) is 2.65. The van der Waals surface area contributed by atoms with Crippen LogP contribution in [0, 0.1) is 10.1 Å². The number of H-pyrrole nitrogens is 1. The molecule has 2 aromatic heterocycles. The van der Waals surface area contributed by atoms with Crippen LogP contribution in [-0.2, 0) is 0 Å². The van der Waals surface area contributed by atoms with Gasteiger partial charge < -0.3 is 4.98 Å². The summed E-state index contributed by atoms with van der Waals surface area (Å²) < 4.78 is 0. The molecule has 2 heterocycles. The number of nitrogens with zero attached hydrogens (tertiary/aromatic N) is 1. The Labute approximate surface area is 78.0 Å². The zero-order valence-corrected chi connectivity index (χ0v) is 7.38. The van der Waals surface area contributed by atoms with Crippen molar-refractivity contribution >= 4 is 17.0 Å². The lowest BCUT2D eigenvalue weighted by atomic mass is 10.3. The second-order valence-electron chi connectivity index (χ2n) is 2.48. The van der Waals surface area contributed by atoms with Gasteiger partial charge in [-0.15, -0.1) is 11.3 Å². The first-order valence-electron chi connectivity index (χ1n) is 3.64. The Balaban J connectivity index is 2.52. The Morgan fingerprint density at radius 1 is 1.46 bits per heavy atom. The molecule has 66 valence electrons. The van der Waals surface area contributed by atoms with Crippen molar-refractivity contribution in [1.29, 1.82) is 0 Å². The van der Waals surface area contributed by atoms with Crippen molar-refractivity contribution in [2.45, 2.75) is 0 Å². The SMILES string of the molecule is O=[N+]([O-])c1ccsc1-c1ccc[nH]1. The maximum Gasteiger partial charge on any atom is 0.289 e. The van der Waals surface area contributed by atoms with Gasteiger partial charge in [0.25, 0.3) is 5.69 Å². The number of nitrogens with one attached hydrogen (secondary N) is 1. The van der Waals surface area contributed by atoms with Crippen LogP contribution >= 0.6 is 11.3 Å². The topological polar surface area (TPSA) is 58.9 Å². The van der Waals surface area contributed by atoms with Gasteiger partial charge in [0, 0.05) is 12.3 Å².